The van der Waals surface area contributed by atoms with Crippen molar-refractivity contribution in [1.29, 1.82) is 0 Å². The van der Waals surface area contributed by atoms with Crippen LogP contribution in [0.4, 0.5) is 5.82 Å². The maximum Gasteiger partial charge on any atom is 0.335 e. The molecule has 0 unspecified atom stereocenters. The second kappa shape index (κ2) is 14.1. The molecule has 1 aromatic heterocycles. The van der Waals surface area contributed by atoms with Gasteiger partial charge in [-0.25, -0.2) is 14.8 Å². The molecule has 0 radical (unpaired) electrons. The van der Waals surface area contributed by atoms with Crippen molar-refractivity contribution < 1.29 is 19.4 Å². The lowest BCUT2D eigenvalue weighted by Gasteiger charge is -2.42. The Bertz CT molecular complexity index is 1480. The number of carbonyl (C=O) groups is 2. The summed E-state index contributed by atoms with van der Waals surface area (Å²) in [6, 6.07) is 16.5. The van der Waals surface area contributed by atoms with Crippen molar-refractivity contribution in [3.63, 3.8) is 0 Å². The van der Waals surface area contributed by atoms with E-state index in [0.29, 0.717) is 48.7 Å². The van der Waals surface area contributed by atoms with E-state index in [-0.39, 0.29) is 18.1 Å². The Morgan fingerprint density at radius 1 is 0.911 bits per heavy atom. The molecule has 9 heteroatoms. The van der Waals surface area contributed by atoms with Crippen molar-refractivity contribution in [2.75, 3.05) is 38.0 Å². The van der Waals surface area contributed by atoms with E-state index in [1.807, 2.05) is 24.0 Å². The summed E-state index contributed by atoms with van der Waals surface area (Å²) in [7, 11) is 0. The highest BCUT2D eigenvalue weighted by molar-refractivity contribution is 5.94. The zero-order valence-corrected chi connectivity index (χ0v) is 26.5. The van der Waals surface area contributed by atoms with E-state index in [0.717, 1.165) is 69.2 Å². The largest absolute Gasteiger partial charge is 0.478 e. The maximum absolute atomic E-state index is 13.6. The lowest BCUT2D eigenvalue weighted by Crippen LogP contribution is -2.49. The van der Waals surface area contributed by atoms with Crippen molar-refractivity contribution in [2.24, 2.45) is 0 Å². The Morgan fingerprint density at radius 2 is 1.67 bits per heavy atom. The first-order valence-electron chi connectivity index (χ1n) is 16.5. The van der Waals surface area contributed by atoms with Crippen molar-refractivity contribution in [2.45, 2.75) is 83.0 Å². The molecule has 0 saturated carbocycles. The van der Waals surface area contributed by atoms with Gasteiger partial charge in [-0.05, 0) is 101 Å². The van der Waals surface area contributed by atoms with Crippen LogP contribution in [0.15, 0.2) is 54.9 Å². The van der Waals surface area contributed by atoms with Crippen LogP contribution in [0, 0.1) is 13.8 Å². The topological polar surface area (TPSA) is 108 Å². The molecule has 3 aliphatic heterocycles. The van der Waals surface area contributed by atoms with Crippen LogP contribution < -0.4 is 5.32 Å². The first-order valence-corrected chi connectivity index (χ1v) is 16.5. The summed E-state index contributed by atoms with van der Waals surface area (Å²) in [6.07, 6.45) is 8.76. The third-order valence-corrected chi connectivity index (χ3v) is 9.98. The number of ether oxygens (including phenoxy) is 1. The number of rotatable bonds is 8. The number of benzene rings is 2. The van der Waals surface area contributed by atoms with Gasteiger partial charge in [-0.15, -0.1) is 0 Å². The average Bonchev–Trinajstić information content (AvgIpc) is 3.08. The van der Waals surface area contributed by atoms with Crippen LogP contribution in [0.5, 0.6) is 0 Å². The summed E-state index contributed by atoms with van der Waals surface area (Å²) >= 11 is 0. The average molecular weight is 612 g/mol. The van der Waals surface area contributed by atoms with Gasteiger partial charge in [0.15, 0.2) is 0 Å². The first kappa shape index (κ1) is 31.2. The molecule has 2 N–H and O–H groups in total. The molecule has 0 aliphatic carbocycles. The molecule has 2 atom stereocenters. The van der Waals surface area contributed by atoms with E-state index in [1.54, 1.807) is 6.07 Å². The summed E-state index contributed by atoms with van der Waals surface area (Å²) in [5, 5.41) is 12.8. The summed E-state index contributed by atoms with van der Waals surface area (Å²) in [6.45, 7) is 8.09. The number of aromatic carboxylic acids is 1. The highest BCUT2D eigenvalue weighted by Gasteiger charge is 2.32. The van der Waals surface area contributed by atoms with Gasteiger partial charge >= 0.3 is 5.97 Å². The molecule has 2 aromatic carbocycles. The number of anilines is 1. The van der Waals surface area contributed by atoms with Gasteiger partial charge in [0.05, 0.1) is 17.8 Å². The second-order valence-electron chi connectivity index (χ2n) is 12.9. The molecule has 3 saturated heterocycles. The van der Waals surface area contributed by atoms with Crippen molar-refractivity contribution in [3.05, 3.63) is 88.4 Å². The predicted molar refractivity (Wildman–Crippen MR) is 174 cm³/mol. The molecule has 3 aromatic rings. The number of carboxylic acids is 1. The van der Waals surface area contributed by atoms with Crippen LogP contribution in [0.1, 0.15) is 100 Å². The monoisotopic (exact) mass is 611 g/mol. The Hall–Kier alpha value is -3.82. The SMILES string of the molecule is Cc1ccc([C@@H]2CCC[C@H](CNc3ncnc(C(=O)N4CCC(N5CCC(c6cccc(C(=O)O)c6)CC5)CC4)c3C)O2)cc1. The van der Waals surface area contributed by atoms with Gasteiger partial charge in [-0.1, -0.05) is 42.0 Å². The van der Waals surface area contributed by atoms with Crippen molar-refractivity contribution >= 4 is 17.7 Å². The molecule has 9 nitrogen and oxygen atoms in total. The fourth-order valence-corrected chi connectivity index (χ4v) is 7.24. The van der Waals surface area contributed by atoms with Crippen LogP contribution in [-0.4, -0.2) is 81.6 Å². The van der Waals surface area contributed by atoms with Crippen LogP contribution >= 0.6 is 0 Å². The molecular weight excluding hydrogens is 566 g/mol. The number of hydrogen-bond acceptors (Lipinski definition) is 7. The van der Waals surface area contributed by atoms with Crippen molar-refractivity contribution in [1.82, 2.24) is 19.8 Å². The number of hydrogen-bond donors (Lipinski definition) is 2. The standard InChI is InChI=1S/C36H45N5O4/c1-24-9-11-27(12-10-24)32-8-4-7-31(45-32)22-37-34-25(2)33(38-23-39-34)35(42)41-19-15-30(16-20-41)40-17-13-26(14-18-40)28-5-3-6-29(21-28)36(43)44/h3,5-6,9-12,21,23,26,30-32H,4,7-8,13-20,22H2,1-2H3,(H,43,44)(H,37,38,39)/t31-,32+/m1/s1. The van der Waals surface area contributed by atoms with E-state index >= 15 is 0 Å². The number of nitrogens with zero attached hydrogens (tertiary/aromatic N) is 4. The van der Waals surface area contributed by atoms with Gasteiger partial charge < -0.3 is 25.0 Å². The van der Waals surface area contributed by atoms with Gasteiger partial charge in [-0.2, -0.15) is 0 Å². The molecule has 238 valence electrons. The molecule has 1 amide bonds. The van der Waals surface area contributed by atoms with E-state index in [9.17, 15) is 14.7 Å². The Balaban J connectivity index is 0.988. The zero-order valence-electron chi connectivity index (χ0n) is 26.5. The van der Waals surface area contributed by atoms with Crippen LogP contribution in [0.25, 0.3) is 0 Å². The Labute approximate surface area is 266 Å². The van der Waals surface area contributed by atoms with Gasteiger partial charge in [0.1, 0.15) is 17.8 Å². The molecular formula is C36H45N5O4. The van der Waals surface area contributed by atoms with E-state index in [1.165, 1.54) is 17.5 Å². The third kappa shape index (κ3) is 7.36. The Morgan fingerprint density at radius 3 is 2.40 bits per heavy atom. The number of amides is 1. The van der Waals surface area contributed by atoms with Gasteiger partial charge in [0, 0.05) is 31.2 Å². The van der Waals surface area contributed by atoms with Crippen LogP contribution in [0.3, 0.4) is 0 Å². The normalized spacial score (nSPS) is 21.9. The first-order chi connectivity index (χ1) is 21.9. The smallest absolute Gasteiger partial charge is 0.335 e. The fourth-order valence-electron chi connectivity index (χ4n) is 7.24. The highest BCUT2D eigenvalue weighted by Crippen LogP contribution is 2.33. The molecule has 0 spiro atoms. The summed E-state index contributed by atoms with van der Waals surface area (Å²) in [4.78, 5) is 38.4. The van der Waals surface area contributed by atoms with Gasteiger partial charge in [0.2, 0.25) is 0 Å². The molecule has 0 bridgehead atoms. The molecule has 4 heterocycles. The minimum absolute atomic E-state index is 0.0261. The summed E-state index contributed by atoms with van der Waals surface area (Å²) < 4.78 is 6.44. The minimum atomic E-state index is -0.874. The van der Waals surface area contributed by atoms with E-state index in [2.05, 4.69) is 57.4 Å². The summed E-state index contributed by atoms with van der Waals surface area (Å²) in [5.74, 6) is 0.189. The van der Waals surface area contributed by atoms with Crippen molar-refractivity contribution in [3.8, 4) is 0 Å². The van der Waals surface area contributed by atoms with Crippen LogP contribution in [0.2, 0.25) is 0 Å². The number of nitrogens with one attached hydrogen (secondary N) is 1. The van der Waals surface area contributed by atoms with Gasteiger partial charge in [0.25, 0.3) is 5.91 Å². The molecule has 45 heavy (non-hydrogen) atoms. The molecule has 6 rings (SSSR count). The Kier molecular flexibility index (Phi) is 9.76. The number of carboxylic acid groups (broad SMARTS) is 1. The van der Waals surface area contributed by atoms with E-state index < -0.39 is 5.97 Å². The number of carbonyl (C=O) groups excluding carboxylic acids is 1. The number of likely N-dealkylation sites (tertiary alicyclic amines) is 2. The quantitative estimate of drug-likeness (QED) is 0.320. The number of aromatic nitrogens is 2. The summed E-state index contributed by atoms with van der Waals surface area (Å²) in [5.41, 5.74) is 5.22. The number of piperidine rings is 2. The minimum Gasteiger partial charge on any atom is -0.478 e. The van der Waals surface area contributed by atoms with Crippen LogP contribution in [-0.2, 0) is 4.74 Å². The lowest BCUT2D eigenvalue weighted by molar-refractivity contribution is -0.0442. The fraction of sp³-hybridized carbons (Fsp3) is 0.500. The lowest BCUT2D eigenvalue weighted by atomic mass is 9.87. The molecule has 3 aliphatic rings. The number of aryl methyl sites for hydroxylation is 1. The third-order valence-electron chi connectivity index (χ3n) is 9.98. The van der Waals surface area contributed by atoms with Gasteiger partial charge in [-0.3, -0.25) is 4.79 Å². The predicted octanol–water partition coefficient (Wildman–Crippen LogP) is 6.00. The maximum atomic E-state index is 13.6. The second-order valence-corrected chi connectivity index (χ2v) is 12.9. The zero-order chi connectivity index (χ0) is 31.3. The highest BCUT2D eigenvalue weighted by atomic mass is 16.5. The molecule has 3 fully saturated rings. The van der Waals surface area contributed by atoms with E-state index in [4.69, 9.17) is 4.74 Å².